The fraction of sp³-hybridized carbons (Fsp3) is 0.650. The molecule has 6 nitrogen and oxygen atoms in total. The van der Waals surface area contributed by atoms with Crippen LogP contribution < -0.4 is 10.6 Å². The highest BCUT2D eigenvalue weighted by Gasteiger charge is 2.48. The Bertz CT molecular complexity index is 821. The molecule has 0 bridgehead atoms. The minimum absolute atomic E-state index is 0.0525. The molecule has 156 valence electrons. The van der Waals surface area contributed by atoms with E-state index >= 15 is 0 Å². The zero-order valence-corrected chi connectivity index (χ0v) is 18.0. The van der Waals surface area contributed by atoms with Crippen LogP contribution in [0.4, 0.5) is 0 Å². The van der Waals surface area contributed by atoms with Crippen LogP contribution in [0.1, 0.15) is 44.1 Å². The van der Waals surface area contributed by atoms with Crippen molar-refractivity contribution in [2.45, 2.75) is 61.3 Å². The van der Waals surface area contributed by atoms with Crippen molar-refractivity contribution >= 4 is 27.3 Å². The number of ether oxygens (including phenoxy) is 1. The van der Waals surface area contributed by atoms with Gasteiger partial charge in [-0.2, -0.15) is 0 Å². The van der Waals surface area contributed by atoms with E-state index in [0.717, 1.165) is 25.8 Å². The number of amides is 1. The van der Waals surface area contributed by atoms with Crippen molar-refractivity contribution in [2.75, 3.05) is 20.2 Å². The molecule has 1 saturated heterocycles. The Kier molecular flexibility index (Phi) is 6.69. The van der Waals surface area contributed by atoms with Gasteiger partial charge >= 0.3 is 0 Å². The van der Waals surface area contributed by atoms with Crippen molar-refractivity contribution in [1.29, 1.82) is 0 Å². The van der Waals surface area contributed by atoms with E-state index in [1.54, 1.807) is 32.2 Å². The Hall–Kier alpha value is -1.15. The lowest BCUT2D eigenvalue weighted by Gasteiger charge is -2.39. The highest BCUT2D eigenvalue weighted by Crippen LogP contribution is 2.35. The topological polar surface area (TPSA) is 84.5 Å². The molecule has 1 aliphatic carbocycles. The van der Waals surface area contributed by atoms with E-state index in [-0.39, 0.29) is 29.4 Å². The molecule has 0 radical (unpaired) electrons. The normalized spacial score (nSPS) is 28.7. The molecule has 2 unspecified atom stereocenters. The van der Waals surface area contributed by atoms with Gasteiger partial charge < -0.3 is 15.4 Å². The van der Waals surface area contributed by atoms with Crippen LogP contribution in [0.25, 0.3) is 0 Å². The zero-order chi connectivity index (χ0) is 20.4. The van der Waals surface area contributed by atoms with E-state index in [0.29, 0.717) is 29.8 Å². The number of sulfone groups is 1. The largest absolute Gasteiger partial charge is 0.381 e. The molecule has 3 rings (SSSR count). The summed E-state index contributed by atoms with van der Waals surface area (Å²) in [6.45, 7) is 2.62. The van der Waals surface area contributed by atoms with E-state index in [2.05, 4.69) is 10.6 Å². The molecule has 1 aliphatic heterocycles. The molecular weight excluding hydrogens is 400 g/mol. The first-order valence-corrected chi connectivity index (χ1v) is 11.7. The summed E-state index contributed by atoms with van der Waals surface area (Å²) >= 11 is 6.18. The van der Waals surface area contributed by atoms with E-state index in [1.165, 1.54) is 0 Å². The van der Waals surface area contributed by atoms with Crippen molar-refractivity contribution in [2.24, 2.45) is 5.92 Å². The van der Waals surface area contributed by atoms with Crippen LogP contribution in [0.5, 0.6) is 0 Å². The summed E-state index contributed by atoms with van der Waals surface area (Å²) in [5.41, 5.74) is 0.514. The minimum Gasteiger partial charge on any atom is -0.381 e. The van der Waals surface area contributed by atoms with Gasteiger partial charge in [0.15, 0.2) is 4.87 Å². The second-order valence-electron chi connectivity index (χ2n) is 7.85. The molecule has 28 heavy (non-hydrogen) atoms. The van der Waals surface area contributed by atoms with Crippen LogP contribution in [0.3, 0.4) is 0 Å². The average molecular weight is 429 g/mol. The standard InChI is InChI=1S/C20H29ClN2O4S/c1-14-17(21)8-4-9-18(14)28(25,26)20(10-5-11-22-13-20)23-19(24)15-6-3-7-16(12-15)27-2/h4,8-9,15-16,22H,3,5-7,10-13H2,1-2H3,(H,23,24)/t15?,16?,20-/m0/s1. The third-order valence-electron chi connectivity index (χ3n) is 6.05. The van der Waals surface area contributed by atoms with Gasteiger partial charge in [0.25, 0.3) is 0 Å². The van der Waals surface area contributed by atoms with Crippen LogP contribution in [0.15, 0.2) is 23.1 Å². The second-order valence-corrected chi connectivity index (χ2v) is 10.5. The number of hydrogen-bond acceptors (Lipinski definition) is 5. The molecule has 1 saturated carbocycles. The molecule has 3 atom stereocenters. The van der Waals surface area contributed by atoms with Crippen molar-refractivity contribution in [3.63, 3.8) is 0 Å². The first-order chi connectivity index (χ1) is 13.3. The maximum Gasteiger partial charge on any atom is 0.224 e. The number of piperidine rings is 1. The third-order valence-corrected chi connectivity index (χ3v) is 8.96. The molecule has 0 aromatic heterocycles. The number of benzene rings is 1. The predicted molar refractivity (Wildman–Crippen MR) is 109 cm³/mol. The van der Waals surface area contributed by atoms with Gasteiger partial charge in [-0.1, -0.05) is 24.1 Å². The Labute approximate surface area is 172 Å². The Morgan fingerprint density at radius 2 is 2.11 bits per heavy atom. The average Bonchev–Trinajstić information content (AvgIpc) is 2.70. The molecule has 2 aliphatic rings. The van der Waals surface area contributed by atoms with Crippen LogP contribution >= 0.6 is 11.6 Å². The first kappa shape index (κ1) is 21.6. The lowest BCUT2D eigenvalue weighted by Crippen LogP contribution is -2.63. The maximum atomic E-state index is 13.7. The molecule has 1 aromatic rings. The molecule has 2 fully saturated rings. The summed E-state index contributed by atoms with van der Waals surface area (Å²) in [7, 11) is -2.18. The zero-order valence-electron chi connectivity index (χ0n) is 16.5. The molecule has 1 heterocycles. The van der Waals surface area contributed by atoms with Crippen LogP contribution in [0.2, 0.25) is 5.02 Å². The molecule has 0 spiro atoms. The van der Waals surface area contributed by atoms with Gasteiger partial charge in [-0.3, -0.25) is 4.79 Å². The number of carbonyl (C=O) groups excluding carboxylic acids is 1. The third kappa shape index (κ3) is 4.08. The number of halogens is 1. The van der Waals surface area contributed by atoms with Crippen LogP contribution in [0, 0.1) is 12.8 Å². The Morgan fingerprint density at radius 3 is 2.79 bits per heavy atom. The fourth-order valence-corrected chi connectivity index (χ4v) is 6.66. The summed E-state index contributed by atoms with van der Waals surface area (Å²) in [4.78, 5) is 11.9. The molecule has 2 N–H and O–H groups in total. The molecule has 1 aromatic carbocycles. The summed E-state index contributed by atoms with van der Waals surface area (Å²) in [6.07, 6.45) is 4.32. The summed E-state index contributed by atoms with van der Waals surface area (Å²) in [5, 5.41) is 6.51. The van der Waals surface area contributed by atoms with Gasteiger partial charge in [0, 0.05) is 24.6 Å². The summed E-state index contributed by atoms with van der Waals surface area (Å²) < 4.78 is 32.8. The van der Waals surface area contributed by atoms with Crippen molar-refractivity contribution in [3.8, 4) is 0 Å². The number of nitrogens with one attached hydrogen (secondary N) is 2. The maximum absolute atomic E-state index is 13.7. The van der Waals surface area contributed by atoms with Crippen LogP contribution in [-0.2, 0) is 19.4 Å². The monoisotopic (exact) mass is 428 g/mol. The lowest BCUT2D eigenvalue weighted by molar-refractivity contribution is -0.128. The Morgan fingerprint density at radius 1 is 1.32 bits per heavy atom. The van der Waals surface area contributed by atoms with Crippen molar-refractivity contribution < 1.29 is 17.9 Å². The van der Waals surface area contributed by atoms with Gasteiger partial charge in [0.05, 0.1) is 11.0 Å². The number of carbonyl (C=O) groups is 1. The highest BCUT2D eigenvalue weighted by atomic mass is 35.5. The van der Waals surface area contributed by atoms with E-state index in [1.807, 2.05) is 0 Å². The van der Waals surface area contributed by atoms with E-state index < -0.39 is 14.7 Å². The van der Waals surface area contributed by atoms with E-state index in [9.17, 15) is 13.2 Å². The quantitative estimate of drug-likeness (QED) is 0.753. The SMILES string of the molecule is COC1CCCC(C(=O)N[C@]2(S(=O)(=O)c3cccc(Cl)c3C)CCCNC2)C1. The van der Waals surface area contributed by atoms with Crippen LogP contribution in [-0.4, -0.2) is 45.5 Å². The number of hydrogen-bond donors (Lipinski definition) is 2. The molecule has 8 heteroatoms. The highest BCUT2D eigenvalue weighted by molar-refractivity contribution is 7.93. The first-order valence-electron chi connectivity index (χ1n) is 9.86. The molecule has 1 amide bonds. The fourth-order valence-electron chi connectivity index (χ4n) is 4.29. The summed E-state index contributed by atoms with van der Waals surface area (Å²) in [5.74, 6) is -0.429. The van der Waals surface area contributed by atoms with Crippen molar-refractivity contribution in [1.82, 2.24) is 10.6 Å². The Balaban J connectivity index is 1.92. The number of rotatable bonds is 5. The van der Waals surface area contributed by atoms with Gasteiger partial charge in [-0.25, -0.2) is 8.42 Å². The summed E-state index contributed by atoms with van der Waals surface area (Å²) in [6, 6.07) is 4.88. The van der Waals surface area contributed by atoms with Gasteiger partial charge in [-0.05, 0) is 63.3 Å². The smallest absolute Gasteiger partial charge is 0.224 e. The lowest BCUT2D eigenvalue weighted by atomic mass is 9.86. The van der Waals surface area contributed by atoms with Gasteiger partial charge in [0.1, 0.15) is 0 Å². The van der Waals surface area contributed by atoms with Gasteiger partial charge in [-0.15, -0.1) is 0 Å². The van der Waals surface area contributed by atoms with Gasteiger partial charge in [0.2, 0.25) is 15.7 Å². The second kappa shape index (κ2) is 8.69. The van der Waals surface area contributed by atoms with Crippen molar-refractivity contribution in [3.05, 3.63) is 28.8 Å². The minimum atomic E-state index is -3.84. The van der Waals surface area contributed by atoms with E-state index in [4.69, 9.17) is 16.3 Å². The predicted octanol–water partition coefficient (Wildman–Crippen LogP) is 2.82. The number of methoxy groups -OCH3 is 1. The molecular formula is C20H29ClN2O4S.